The van der Waals surface area contributed by atoms with Crippen molar-refractivity contribution in [2.75, 3.05) is 25.0 Å². The monoisotopic (exact) mass is 325 g/mol. The number of aromatic nitrogens is 1. The molecule has 1 aromatic heterocycles. The van der Waals surface area contributed by atoms with Crippen LogP contribution in [0.15, 0.2) is 48.7 Å². The van der Waals surface area contributed by atoms with E-state index in [0.717, 1.165) is 38.2 Å². The quantitative estimate of drug-likeness (QED) is 0.857. The average molecular weight is 325 g/mol. The third-order valence-corrected chi connectivity index (χ3v) is 4.81. The molecule has 0 amide bonds. The Morgan fingerprint density at radius 1 is 1.21 bits per heavy atom. The molecule has 2 atom stereocenters. The van der Waals surface area contributed by atoms with Crippen LogP contribution in [0.3, 0.4) is 0 Å². The van der Waals surface area contributed by atoms with Crippen molar-refractivity contribution >= 4 is 5.69 Å². The first-order chi connectivity index (χ1) is 11.7. The second-order valence-electron chi connectivity index (χ2n) is 6.74. The molecule has 0 unspecified atom stereocenters. The molecule has 2 aromatic rings. The SMILES string of the molecule is C[C@H]1CN(Cc2ccccn2)CC[C@H]1Nc1ccc(CCO)cc1. The van der Waals surface area contributed by atoms with Crippen molar-refractivity contribution in [3.05, 3.63) is 59.9 Å². The van der Waals surface area contributed by atoms with Gasteiger partial charge in [0.15, 0.2) is 0 Å². The Kier molecular flexibility index (Phi) is 5.83. The number of piperidine rings is 1. The maximum Gasteiger partial charge on any atom is 0.0543 e. The number of aliphatic hydroxyl groups is 1. The van der Waals surface area contributed by atoms with Gasteiger partial charge in [-0.2, -0.15) is 0 Å². The Hall–Kier alpha value is -1.91. The molecule has 128 valence electrons. The molecule has 0 radical (unpaired) electrons. The Bertz CT molecular complexity index is 615. The number of hydrogen-bond donors (Lipinski definition) is 2. The van der Waals surface area contributed by atoms with Crippen LogP contribution in [0, 0.1) is 5.92 Å². The normalized spacial score (nSPS) is 21.6. The predicted octanol–water partition coefficient (Wildman–Crippen LogP) is 2.94. The molecule has 1 aromatic carbocycles. The van der Waals surface area contributed by atoms with Gasteiger partial charge in [0.2, 0.25) is 0 Å². The highest BCUT2D eigenvalue weighted by Crippen LogP contribution is 2.22. The van der Waals surface area contributed by atoms with Crippen molar-refractivity contribution in [2.45, 2.75) is 32.4 Å². The summed E-state index contributed by atoms with van der Waals surface area (Å²) in [5.41, 5.74) is 3.50. The second kappa shape index (κ2) is 8.27. The van der Waals surface area contributed by atoms with E-state index < -0.39 is 0 Å². The largest absolute Gasteiger partial charge is 0.396 e. The van der Waals surface area contributed by atoms with E-state index >= 15 is 0 Å². The topological polar surface area (TPSA) is 48.4 Å². The summed E-state index contributed by atoms with van der Waals surface area (Å²) in [7, 11) is 0. The summed E-state index contributed by atoms with van der Waals surface area (Å²) in [6.45, 7) is 5.66. The highest BCUT2D eigenvalue weighted by Gasteiger charge is 2.26. The molecule has 4 heteroatoms. The highest BCUT2D eigenvalue weighted by atomic mass is 16.2. The van der Waals surface area contributed by atoms with Crippen molar-refractivity contribution in [3.63, 3.8) is 0 Å². The number of nitrogens with one attached hydrogen (secondary N) is 1. The molecular formula is C20H27N3O. The van der Waals surface area contributed by atoms with Gasteiger partial charge in [0.1, 0.15) is 0 Å². The molecule has 0 saturated carbocycles. The minimum absolute atomic E-state index is 0.207. The Morgan fingerprint density at radius 3 is 2.71 bits per heavy atom. The van der Waals surface area contributed by atoms with Crippen LogP contribution in [0.5, 0.6) is 0 Å². The summed E-state index contributed by atoms with van der Waals surface area (Å²) < 4.78 is 0. The zero-order valence-corrected chi connectivity index (χ0v) is 14.4. The Morgan fingerprint density at radius 2 is 2.04 bits per heavy atom. The van der Waals surface area contributed by atoms with E-state index in [1.165, 1.54) is 11.3 Å². The van der Waals surface area contributed by atoms with Gasteiger partial charge in [-0.1, -0.05) is 25.1 Å². The fourth-order valence-corrected chi connectivity index (χ4v) is 3.42. The summed E-state index contributed by atoms with van der Waals surface area (Å²) in [6, 6.07) is 15.1. The van der Waals surface area contributed by atoms with Gasteiger partial charge in [0.25, 0.3) is 0 Å². The minimum atomic E-state index is 0.207. The van der Waals surface area contributed by atoms with Crippen molar-refractivity contribution in [3.8, 4) is 0 Å². The van der Waals surface area contributed by atoms with E-state index in [-0.39, 0.29) is 6.61 Å². The summed E-state index contributed by atoms with van der Waals surface area (Å²) in [5, 5.41) is 12.7. The van der Waals surface area contributed by atoms with Crippen molar-refractivity contribution in [1.82, 2.24) is 9.88 Å². The maximum atomic E-state index is 8.99. The van der Waals surface area contributed by atoms with Crippen LogP contribution in [0.2, 0.25) is 0 Å². The van der Waals surface area contributed by atoms with Gasteiger partial charge in [0.05, 0.1) is 5.69 Å². The van der Waals surface area contributed by atoms with Crippen LogP contribution < -0.4 is 5.32 Å². The minimum Gasteiger partial charge on any atom is -0.396 e. The third kappa shape index (κ3) is 4.56. The van der Waals surface area contributed by atoms with E-state index in [1.807, 2.05) is 12.3 Å². The van der Waals surface area contributed by atoms with E-state index in [0.29, 0.717) is 12.0 Å². The number of hydrogen-bond acceptors (Lipinski definition) is 4. The van der Waals surface area contributed by atoms with Crippen LogP contribution in [0.25, 0.3) is 0 Å². The summed E-state index contributed by atoms with van der Waals surface area (Å²) in [5.74, 6) is 0.597. The molecule has 1 aliphatic rings. The smallest absolute Gasteiger partial charge is 0.0543 e. The summed E-state index contributed by atoms with van der Waals surface area (Å²) in [4.78, 5) is 6.93. The molecule has 2 heterocycles. The number of rotatable bonds is 6. The number of benzene rings is 1. The first-order valence-corrected chi connectivity index (χ1v) is 8.83. The fraction of sp³-hybridized carbons (Fsp3) is 0.450. The third-order valence-electron chi connectivity index (χ3n) is 4.81. The number of pyridine rings is 1. The molecule has 0 bridgehead atoms. The van der Waals surface area contributed by atoms with Gasteiger partial charge in [-0.15, -0.1) is 0 Å². The molecule has 1 saturated heterocycles. The zero-order valence-electron chi connectivity index (χ0n) is 14.4. The maximum absolute atomic E-state index is 8.99. The van der Waals surface area contributed by atoms with E-state index in [4.69, 9.17) is 5.11 Å². The molecular weight excluding hydrogens is 298 g/mol. The molecule has 1 fully saturated rings. The zero-order chi connectivity index (χ0) is 16.8. The second-order valence-corrected chi connectivity index (χ2v) is 6.74. The van der Waals surface area contributed by atoms with Gasteiger partial charge in [-0.25, -0.2) is 0 Å². The molecule has 3 rings (SSSR count). The van der Waals surface area contributed by atoms with Gasteiger partial charge in [-0.05, 0) is 48.6 Å². The van der Waals surface area contributed by atoms with Crippen molar-refractivity contribution in [1.29, 1.82) is 0 Å². The Balaban J connectivity index is 1.52. The van der Waals surface area contributed by atoms with Crippen LogP contribution in [0.4, 0.5) is 5.69 Å². The lowest BCUT2D eigenvalue weighted by Crippen LogP contribution is -2.44. The average Bonchev–Trinajstić information content (AvgIpc) is 2.60. The number of aliphatic hydroxyl groups excluding tert-OH is 1. The van der Waals surface area contributed by atoms with Gasteiger partial charge in [-0.3, -0.25) is 9.88 Å². The van der Waals surface area contributed by atoms with Crippen molar-refractivity contribution in [2.24, 2.45) is 5.92 Å². The predicted molar refractivity (Wildman–Crippen MR) is 97.9 cm³/mol. The summed E-state index contributed by atoms with van der Waals surface area (Å²) >= 11 is 0. The highest BCUT2D eigenvalue weighted by molar-refractivity contribution is 5.45. The first kappa shape index (κ1) is 16.9. The molecule has 2 N–H and O–H groups in total. The molecule has 0 aliphatic carbocycles. The molecule has 0 spiro atoms. The number of anilines is 1. The van der Waals surface area contributed by atoms with Gasteiger partial charge >= 0.3 is 0 Å². The van der Waals surface area contributed by atoms with Gasteiger partial charge < -0.3 is 10.4 Å². The first-order valence-electron chi connectivity index (χ1n) is 8.83. The number of likely N-dealkylation sites (tertiary alicyclic amines) is 1. The van der Waals surface area contributed by atoms with E-state index in [1.54, 1.807) is 0 Å². The summed E-state index contributed by atoms with van der Waals surface area (Å²) in [6.07, 6.45) is 3.74. The van der Waals surface area contributed by atoms with E-state index in [9.17, 15) is 0 Å². The number of nitrogens with zero attached hydrogens (tertiary/aromatic N) is 2. The van der Waals surface area contributed by atoms with Crippen LogP contribution >= 0.6 is 0 Å². The van der Waals surface area contributed by atoms with Crippen LogP contribution in [0.1, 0.15) is 24.6 Å². The van der Waals surface area contributed by atoms with E-state index in [2.05, 4.69) is 58.5 Å². The fourth-order valence-electron chi connectivity index (χ4n) is 3.42. The van der Waals surface area contributed by atoms with Crippen molar-refractivity contribution < 1.29 is 5.11 Å². The molecule has 24 heavy (non-hydrogen) atoms. The lowest BCUT2D eigenvalue weighted by Gasteiger charge is -2.37. The lowest BCUT2D eigenvalue weighted by molar-refractivity contribution is 0.163. The molecule has 1 aliphatic heterocycles. The Labute approximate surface area is 144 Å². The lowest BCUT2D eigenvalue weighted by atomic mass is 9.93. The standard InChI is InChI=1S/C20H27N3O/c1-16-14-23(15-19-4-2-3-11-21-19)12-9-20(16)22-18-7-5-17(6-8-18)10-13-24/h2-8,11,16,20,22,24H,9-10,12-15H2,1H3/t16-,20+/m0/s1. The van der Waals surface area contributed by atoms with Gasteiger partial charge in [0, 0.05) is 44.2 Å². The van der Waals surface area contributed by atoms with Crippen LogP contribution in [-0.4, -0.2) is 40.7 Å². The van der Waals surface area contributed by atoms with Crippen LogP contribution in [-0.2, 0) is 13.0 Å². The molecule has 4 nitrogen and oxygen atoms in total.